The van der Waals surface area contributed by atoms with Crippen molar-refractivity contribution >= 4 is 21.7 Å². The van der Waals surface area contributed by atoms with Gasteiger partial charge in [0.05, 0.1) is 16.3 Å². The van der Waals surface area contributed by atoms with E-state index in [1.54, 1.807) is 37.3 Å². The molecule has 7 nitrogen and oxygen atoms in total. The van der Waals surface area contributed by atoms with Crippen LogP contribution < -0.4 is 5.32 Å². The van der Waals surface area contributed by atoms with Crippen LogP contribution in [0.4, 0.5) is 10.2 Å². The van der Waals surface area contributed by atoms with E-state index in [-0.39, 0.29) is 16.3 Å². The highest BCUT2D eigenvalue weighted by Crippen LogP contribution is 2.23. The van der Waals surface area contributed by atoms with E-state index in [4.69, 9.17) is 0 Å². The molecular formula is C22H23FN4O3S. The lowest BCUT2D eigenvalue weighted by Gasteiger charge is -2.26. The van der Waals surface area contributed by atoms with Gasteiger partial charge in [-0.05, 0) is 62.2 Å². The van der Waals surface area contributed by atoms with Crippen LogP contribution in [-0.2, 0) is 10.0 Å². The maximum absolute atomic E-state index is 13.3. The summed E-state index contributed by atoms with van der Waals surface area (Å²) < 4.78 is 42.1. The highest BCUT2D eigenvalue weighted by Gasteiger charge is 2.26. The lowest BCUT2D eigenvalue weighted by molar-refractivity contribution is 0.102. The number of aryl methyl sites for hydroxylation is 1. The molecule has 4 rings (SSSR count). The summed E-state index contributed by atoms with van der Waals surface area (Å²) in [4.78, 5) is 13.0. The number of nitrogens with zero attached hydrogens (tertiary/aromatic N) is 3. The number of piperidine rings is 1. The van der Waals surface area contributed by atoms with Gasteiger partial charge in [0.15, 0.2) is 0 Å². The van der Waals surface area contributed by atoms with Gasteiger partial charge in [0.25, 0.3) is 5.91 Å². The topological polar surface area (TPSA) is 84.3 Å². The fourth-order valence-electron chi connectivity index (χ4n) is 3.61. The monoisotopic (exact) mass is 442 g/mol. The standard InChI is InChI=1S/C22H23FN4O3S/c1-16-14-21(27(25-16)19-10-8-18(23)9-11-19)24-22(28)17-6-5-7-20(15-17)31(29,30)26-12-3-2-4-13-26/h5-11,14-15H,2-4,12-13H2,1H3,(H,24,28). The van der Waals surface area contributed by atoms with Crippen molar-refractivity contribution in [3.63, 3.8) is 0 Å². The molecule has 0 spiro atoms. The van der Waals surface area contributed by atoms with Gasteiger partial charge in [0, 0.05) is 24.7 Å². The van der Waals surface area contributed by atoms with Crippen molar-refractivity contribution in [3.05, 3.63) is 71.7 Å². The number of nitrogens with one attached hydrogen (secondary N) is 1. The van der Waals surface area contributed by atoms with Crippen LogP contribution in [0.2, 0.25) is 0 Å². The van der Waals surface area contributed by atoms with Gasteiger partial charge in [-0.15, -0.1) is 0 Å². The average Bonchev–Trinajstić information content (AvgIpc) is 3.15. The first-order chi connectivity index (χ1) is 14.8. The van der Waals surface area contributed by atoms with E-state index in [2.05, 4.69) is 10.4 Å². The van der Waals surface area contributed by atoms with Crippen LogP contribution in [0, 0.1) is 12.7 Å². The number of anilines is 1. The molecule has 1 saturated heterocycles. The van der Waals surface area contributed by atoms with Crippen molar-refractivity contribution in [2.45, 2.75) is 31.1 Å². The van der Waals surface area contributed by atoms with Gasteiger partial charge in [-0.25, -0.2) is 17.5 Å². The van der Waals surface area contributed by atoms with E-state index in [1.807, 2.05) is 0 Å². The van der Waals surface area contributed by atoms with Crippen LogP contribution in [0.25, 0.3) is 5.69 Å². The summed E-state index contributed by atoms with van der Waals surface area (Å²) in [5.74, 6) is -0.428. The van der Waals surface area contributed by atoms with Gasteiger partial charge >= 0.3 is 0 Å². The van der Waals surface area contributed by atoms with Gasteiger partial charge in [0.1, 0.15) is 11.6 Å². The van der Waals surface area contributed by atoms with Gasteiger partial charge in [0.2, 0.25) is 10.0 Å². The first-order valence-electron chi connectivity index (χ1n) is 10.1. The van der Waals surface area contributed by atoms with Crippen LogP contribution >= 0.6 is 0 Å². The molecule has 1 aromatic heterocycles. The van der Waals surface area contributed by atoms with Crippen molar-refractivity contribution in [3.8, 4) is 5.69 Å². The molecular weight excluding hydrogens is 419 g/mol. The van der Waals surface area contributed by atoms with E-state index in [9.17, 15) is 17.6 Å². The Bertz CT molecular complexity index is 1200. The molecule has 1 N–H and O–H groups in total. The van der Waals surface area contributed by atoms with Crippen LogP contribution in [0.5, 0.6) is 0 Å². The number of rotatable bonds is 5. The van der Waals surface area contributed by atoms with Crippen molar-refractivity contribution in [2.75, 3.05) is 18.4 Å². The lowest BCUT2D eigenvalue weighted by atomic mass is 10.2. The molecule has 0 unspecified atom stereocenters. The largest absolute Gasteiger partial charge is 0.306 e. The summed E-state index contributed by atoms with van der Waals surface area (Å²) in [5.41, 5.74) is 1.48. The Balaban J connectivity index is 1.59. The Morgan fingerprint density at radius 2 is 1.74 bits per heavy atom. The molecule has 9 heteroatoms. The molecule has 1 fully saturated rings. The Labute approximate surface area is 180 Å². The molecule has 2 heterocycles. The van der Waals surface area contributed by atoms with Crippen molar-refractivity contribution in [2.24, 2.45) is 0 Å². The summed E-state index contributed by atoms with van der Waals surface area (Å²) in [5, 5.41) is 7.13. The highest BCUT2D eigenvalue weighted by atomic mass is 32.2. The number of carbonyl (C=O) groups excluding carboxylic acids is 1. The van der Waals surface area contributed by atoms with Crippen LogP contribution in [0.15, 0.2) is 59.5 Å². The number of sulfonamides is 1. The molecule has 2 aromatic carbocycles. The zero-order chi connectivity index (χ0) is 22.0. The predicted octanol–water partition coefficient (Wildman–Crippen LogP) is 3.75. The third-order valence-corrected chi connectivity index (χ3v) is 7.09. The van der Waals surface area contributed by atoms with Gasteiger partial charge in [-0.3, -0.25) is 4.79 Å². The number of carbonyl (C=O) groups is 1. The van der Waals surface area contributed by atoms with Gasteiger partial charge in [-0.2, -0.15) is 9.40 Å². The number of aromatic nitrogens is 2. The minimum atomic E-state index is -3.64. The second-order valence-corrected chi connectivity index (χ2v) is 9.44. The average molecular weight is 443 g/mol. The summed E-state index contributed by atoms with van der Waals surface area (Å²) in [6, 6.07) is 13.5. The number of hydrogen-bond acceptors (Lipinski definition) is 4. The Morgan fingerprint density at radius 1 is 1.03 bits per heavy atom. The SMILES string of the molecule is Cc1cc(NC(=O)c2cccc(S(=O)(=O)N3CCCCC3)c2)n(-c2ccc(F)cc2)n1. The third-order valence-electron chi connectivity index (χ3n) is 5.19. The van der Waals surface area contributed by atoms with Crippen LogP contribution in [-0.4, -0.2) is 41.5 Å². The Hall–Kier alpha value is -3.04. The summed E-state index contributed by atoms with van der Waals surface area (Å²) in [6.45, 7) is 2.77. The molecule has 0 radical (unpaired) electrons. The molecule has 3 aromatic rings. The highest BCUT2D eigenvalue weighted by molar-refractivity contribution is 7.89. The first-order valence-corrected chi connectivity index (χ1v) is 11.5. The maximum atomic E-state index is 13.3. The number of benzene rings is 2. The van der Waals surface area contributed by atoms with E-state index in [1.165, 1.54) is 33.3 Å². The van der Waals surface area contributed by atoms with Crippen LogP contribution in [0.1, 0.15) is 35.3 Å². The van der Waals surface area contributed by atoms with Crippen molar-refractivity contribution < 1.29 is 17.6 Å². The van der Waals surface area contributed by atoms with E-state index < -0.39 is 15.9 Å². The fraction of sp³-hybridized carbons (Fsp3) is 0.273. The normalized spacial score (nSPS) is 15.0. The molecule has 0 atom stereocenters. The van der Waals surface area contributed by atoms with Gasteiger partial charge in [-0.1, -0.05) is 12.5 Å². The number of amides is 1. The van der Waals surface area contributed by atoms with E-state index in [0.29, 0.717) is 30.3 Å². The maximum Gasteiger partial charge on any atom is 0.256 e. The molecule has 31 heavy (non-hydrogen) atoms. The predicted molar refractivity (Wildman–Crippen MR) is 115 cm³/mol. The Morgan fingerprint density at radius 3 is 2.45 bits per heavy atom. The third kappa shape index (κ3) is 4.52. The molecule has 0 aliphatic carbocycles. The molecule has 162 valence electrons. The number of halogens is 1. The summed E-state index contributed by atoms with van der Waals surface area (Å²) in [7, 11) is -3.64. The minimum absolute atomic E-state index is 0.102. The fourth-order valence-corrected chi connectivity index (χ4v) is 5.17. The van der Waals surface area contributed by atoms with Crippen molar-refractivity contribution in [1.29, 1.82) is 0 Å². The second kappa shape index (κ2) is 8.60. The van der Waals surface area contributed by atoms with E-state index in [0.717, 1.165) is 19.3 Å². The zero-order valence-corrected chi connectivity index (χ0v) is 17.9. The number of hydrogen-bond donors (Lipinski definition) is 1. The zero-order valence-electron chi connectivity index (χ0n) is 17.1. The molecule has 0 bridgehead atoms. The molecule has 0 saturated carbocycles. The molecule has 1 amide bonds. The Kier molecular flexibility index (Phi) is 5.88. The first kappa shape index (κ1) is 21.2. The summed E-state index contributed by atoms with van der Waals surface area (Å²) >= 11 is 0. The van der Waals surface area contributed by atoms with E-state index >= 15 is 0 Å². The summed E-state index contributed by atoms with van der Waals surface area (Å²) in [6.07, 6.45) is 2.70. The van der Waals surface area contributed by atoms with Crippen molar-refractivity contribution in [1.82, 2.24) is 14.1 Å². The second-order valence-electron chi connectivity index (χ2n) is 7.51. The smallest absolute Gasteiger partial charge is 0.256 e. The van der Waals surface area contributed by atoms with Crippen LogP contribution in [0.3, 0.4) is 0 Å². The van der Waals surface area contributed by atoms with Gasteiger partial charge < -0.3 is 5.32 Å². The lowest BCUT2D eigenvalue weighted by Crippen LogP contribution is -2.35. The minimum Gasteiger partial charge on any atom is -0.306 e. The molecule has 1 aliphatic rings. The molecule has 1 aliphatic heterocycles. The quantitative estimate of drug-likeness (QED) is 0.652.